The highest BCUT2D eigenvalue weighted by Gasteiger charge is 2.23. The molecule has 1 saturated heterocycles. The first-order valence-corrected chi connectivity index (χ1v) is 7.70. The van der Waals surface area contributed by atoms with Crippen LogP contribution in [-0.2, 0) is 14.8 Å². The quantitative estimate of drug-likeness (QED) is 0.662. The van der Waals surface area contributed by atoms with Crippen LogP contribution in [0.15, 0.2) is 0 Å². The highest BCUT2D eigenvalue weighted by Crippen LogP contribution is 2.06. The highest BCUT2D eigenvalue weighted by atomic mass is 32.2. The molecule has 17 heavy (non-hydrogen) atoms. The lowest BCUT2D eigenvalue weighted by Crippen LogP contribution is -2.51. The minimum absolute atomic E-state index is 0.0970. The first kappa shape index (κ1) is 14.8. The van der Waals surface area contributed by atoms with Crippen molar-refractivity contribution in [3.05, 3.63) is 0 Å². The van der Waals surface area contributed by atoms with Gasteiger partial charge in [0.15, 0.2) is 0 Å². The van der Waals surface area contributed by atoms with Crippen LogP contribution in [0.5, 0.6) is 0 Å². The maximum atomic E-state index is 11.3. The highest BCUT2D eigenvalue weighted by molar-refractivity contribution is 7.88. The summed E-state index contributed by atoms with van der Waals surface area (Å²) in [6, 6.07) is 0.0970. The summed E-state index contributed by atoms with van der Waals surface area (Å²) in [7, 11) is -1.37. The van der Waals surface area contributed by atoms with Gasteiger partial charge in [0.25, 0.3) is 0 Å². The molecule has 2 N–H and O–H groups in total. The van der Waals surface area contributed by atoms with Crippen LogP contribution in [0.3, 0.4) is 0 Å². The van der Waals surface area contributed by atoms with Gasteiger partial charge < -0.3 is 10.5 Å². The van der Waals surface area contributed by atoms with Crippen molar-refractivity contribution in [3.8, 4) is 0 Å². The number of hydrogen-bond donors (Lipinski definition) is 1. The summed E-state index contributed by atoms with van der Waals surface area (Å²) in [6.45, 7) is 4.12. The van der Waals surface area contributed by atoms with Crippen LogP contribution in [0, 0.1) is 0 Å². The minimum Gasteiger partial charge on any atom is -0.385 e. The van der Waals surface area contributed by atoms with Crippen molar-refractivity contribution in [3.63, 3.8) is 0 Å². The summed E-state index contributed by atoms with van der Waals surface area (Å²) in [6.07, 6.45) is 2.09. The van der Waals surface area contributed by atoms with E-state index in [1.54, 1.807) is 7.11 Å². The lowest BCUT2D eigenvalue weighted by molar-refractivity contribution is 0.155. The van der Waals surface area contributed by atoms with Crippen LogP contribution < -0.4 is 5.73 Å². The predicted molar refractivity (Wildman–Crippen MR) is 67.3 cm³/mol. The molecule has 0 saturated carbocycles. The number of piperazine rings is 1. The van der Waals surface area contributed by atoms with Gasteiger partial charge in [0.1, 0.15) is 0 Å². The summed E-state index contributed by atoms with van der Waals surface area (Å²) in [5, 5.41) is 0. The van der Waals surface area contributed by atoms with Gasteiger partial charge in [0.05, 0.1) is 6.26 Å². The zero-order valence-electron chi connectivity index (χ0n) is 10.6. The summed E-state index contributed by atoms with van der Waals surface area (Å²) < 4.78 is 29.1. The molecule has 0 aromatic rings. The molecule has 0 bridgehead atoms. The van der Waals surface area contributed by atoms with Crippen molar-refractivity contribution < 1.29 is 13.2 Å². The molecule has 0 amide bonds. The molecule has 0 spiro atoms. The zero-order chi connectivity index (χ0) is 12.9. The second kappa shape index (κ2) is 6.65. The lowest BCUT2D eigenvalue weighted by atomic mass is 10.2. The Morgan fingerprint density at radius 1 is 1.29 bits per heavy atom. The number of nitrogens with two attached hydrogens (primary N) is 1. The third-order valence-corrected chi connectivity index (χ3v) is 4.29. The fraction of sp³-hybridized carbons (Fsp3) is 1.00. The third kappa shape index (κ3) is 5.31. The van der Waals surface area contributed by atoms with Gasteiger partial charge in [-0.25, -0.2) is 8.42 Å². The molecule has 0 aromatic carbocycles. The van der Waals surface area contributed by atoms with Gasteiger partial charge in [-0.15, -0.1) is 0 Å². The number of methoxy groups -OCH3 is 1. The average molecular weight is 265 g/mol. The van der Waals surface area contributed by atoms with Gasteiger partial charge in [-0.1, -0.05) is 0 Å². The molecule has 1 unspecified atom stereocenters. The molecule has 6 nitrogen and oxygen atoms in total. The van der Waals surface area contributed by atoms with E-state index < -0.39 is 10.0 Å². The summed E-state index contributed by atoms with van der Waals surface area (Å²) in [4.78, 5) is 2.21. The van der Waals surface area contributed by atoms with E-state index in [0.717, 1.165) is 26.1 Å². The van der Waals surface area contributed by atoms with E-state index >= 15 is 0 Å². The third-order valence-electron chi connectivity index (χ3n) is 2.99. The Balaban J connectivity index is 2.28. The van der Waals surface area contributed by atoms with Crippen molar-refractivity contribution in [2.45, 2.75) is 12.5 Å². The van der Waals surface area contributed by atoms with Gasteiger partial charge in [0.2, 0.25) is 10.0 Å². The molecule has 0 aromatic heterocycles. The largest absolute Gasteiger partial charge is 0.385 e. The van der Waals surface area contributed by atoms with Crippen LogP contribution in [0.4, 0.5) is 0 Å². The SMILES string of the molecule is COCCC(N)CN1CCN(S(C)(=O)=O)CC1. The fourth-order valence-corrected chi connectivity index (χ4v) is 2.76. The van der Waals surface area contributed by atoms with Crippen LogP contribution >= 0.6 is 0 Å². The molecule has 1 rings (SSSR count). The monoisotopic (exact) mass is 265 g/mol. The van der Waals surface area contributed by atoms with Gasteiger partial charge in [-0.3, -0.25) is 4.90 Å². The molecular weight excluding hydrogens is 242 g/mol. The minimum atomic E-state index is -3.04. The van der Waals surface area contributed by atoms with Crippen molar-refractivity contribution in [1.82, 2.24) is 9.21 Å². The van der Waals surface area contributed by atoms with E-state index in [1.807, 2.05) is 0 Å². The standard InChI is InChI=1S/C10H23N3O3S/c1-16-8-3-10(11)9-12-4-6-13(7-5-12)17(2,14)15/h10H,3-9,11H2,1-2H3. The molecule has 1 aliphatic rings. The molecular formula is C10H23N3O3S. The lowest BCUT2D eigenvalue weighted by Gasteiger charge is -2.34. The van der Waals surface area contributed by atoms with E-state index in [9.17, 15) is 8.42 Å². The molecule has 1 fully saturated rings. The van der Waals surface area contributed by atoms with Crippen LogP contribution in [-0.4, -0.2) is 76.4 Å². The number of sulfonamides is 1. The molecule has 1 atom stereocenters. The molecule has 1 aliphatic heterocycles. The van der Waals surface area contributed by atoms with Gasteiger partial charge in [0, 0.05) is 52.5 Å². The van der Waals surface area contributed by atoms with E-state index in [0.29, 0.717) is 19.7 Å². The van der Waals surface area contributed by atoms with Crippen molar-refractivity contribution in [1.29, 1.82) is 0 Å². The zero-order valence-corrected chi connectivity index (χ0v) is 11.4. The number of nitrogens with zero attached hydrogens (tertiary/aromatic N) is 2. The topological polar surface area (TPSA) is 75.9 Å². The van der Waals surface area contributed by atoms with Crippen molar-refractivity contribution >= 4 is 10.0 Å². The Morgan fingerprint density at radius 2 is 1.88 bits per heavy atom. The maximum Gasteiger partial charge on any atom is 0.211 e. The summed E-state index contributed by atoms with van der Waals surface area (Å²) in [5.74, 6) is 0. The number of ether oxygens (including phenoxy) is 1. The first-order valence-electron chi connectivity index (χ1n) is 5.85. The molecule has 7 heteroatoms. The summed E-state index contributed by atoms with van der Waals surface area (Å²) in [5.41, 5.74) is 5.96. The Morgan fingerprint density at radius 3 is 2.35 bits per heavy atom. The van der Waals surface area contributed by atoms with E-state index in [2.05, 4.69) is 4.90 Å². The number of rotatable bonds is 6. The molecule has 1 heterocycles. The van der Waals surface area contributed by atoms with Gasteiger partial charge >= 0.3 is 0 Å². The Bertz CT molecular complexity index is 313. The van der Waals surface area contributed by atoms with Crippen molar-refractivity contribution in [2.24, 2.45) is 5.73 Å². The maximum absolute atomic E-state index is 11.3. The van der Waals surface area contributed by atoms with Crippen LogP contribution in [0.2, 0.25) is 0 Å². The first-order chi connectivity index (χ1) is 7.93. The Kier molecular flexibility index (Phi) is 5.81. The molecule has 0 aliphatic carbocycles. The normalized spacial score (nSPS) is 21.6. The van der Waals surface area contributed by atoms with Crippen LogP contribution in [0.1, 0.15) is 6.42 Å². The van der Waals surface area contributed by atoms with Gasteiger partial charge in [-0.05, 0) is 6.42 Å². The van der Waals surface area contributed by atoms with E-state index in [1.165, 1.54) is 10.6 Å². The second-order valence-electron chi connectivity index (χ2n) is 4.50. The van der Waals surface area contributed by atoms with E-state index in [-0.39, 0.29) is 6.04 Å². The Labute approximate surface area is 104 Å². The smallest absolute Gasteiger partial charge is 0.211 e. The summed E-state index contributed by atoms with van der Waals surface area (Å²) >= 11 is 0. The average Bonchev–Trinajstić information content (AvgIpc) is 2.26. The fourth-order valence-electron chi connectivity index (χ4n) is 1.94. The predicted octanol–water partition coefficient (Wildman–Crippen LogP) is -1.07. The van der Waals surface area contributed by atoms with Crippen molar-refractivity contribution in [2.75, 3.05) is 52.7 Å². The molecule has 0 radical (unpaired) electrons. The Hall–Kier alpha value is -0.210. The van der Waals surface area contributed by atoms with Crippen LogP contribution in [0.25, 0.3) is 0 Å². The number of hydrogen-bond acceptors (Lipinski definition) is 5. The van der Waals surface area contributed by atoms with Gasteiger partial charge in [-0.2, -0.15) is 4.31 Å². The molecule has 102 valence electrons. The van der Waals surface area contributed by atoms with E-state index in [4.69, 9.17) is 10.5 Å². The second-order valence-corrected chi connectivity index (χ2v) is 6.49.